The third-order valence-electron chi connectivity index (χ3n) is 2.90. The highest BCUT2D eigenvalue weighted by Gasteiger charge is 1.96. The van der Waals surface area contributed by atoms with E-state index in [-0.39, 0.29) is 0 Å². The molecule has 0 spiro atoms. The number of hydrogen-bond donors (Lipinski definition) is 1. The van der Waals surface area contributed by atoms with Crippen LogP contribution in [0, 0.1) is 13.8 Å². The lowest BCUT2D eigenvalue weighted by Crippen LogP contribution is -2.19. The standard InChI is InChI=1S/C14H19N3/c1-12-3-5-14(6-4-12)11-15-7-9-17-10-8-16-13(17)2/h3-6,8,10,15H,7,9,11H2,1-2H3. The first-order valence-corrected chi connectivity index (χ1v) is 6.00. The average Bonchev–Trinajstić information content (AvgIpc) is 2.73. The van der Waals surface area contributed by atoms with Gasteiger partial charge in [0.1, 0.15) is 5.82 Å². The summed E-state index contributed by atoms with van der Waals surface area (Å²) in [6.07, 6.45) is 3.86. The number of nitrogens with one attached hydrogen (secondary N) is 1. The quantitative estimate of drug-likeness (QED) is 0.797. The van der Waals surface area contributed by atoms with Crippen LogP contribution >= 0.6 is 0 Å². The summed E-state index contributed by atoms with van der Waals surface area (Å²) in [4.78, 5) is 4.20. The van der Waals surface area contributed by atoms with Crippen LogP contribution in [0.4, 0.5) is 0 Å². The Morgan fingerprint density at radius 3 is 2.59 bits per heavy atom. The van der Waals surface area contributed by atoms with Gasteiger partial charge in [0.05, 0.1) is 0 Å². The van der Waals surface area contributed by atoms with Crippen molar-refractivity contribution in [1.29, 1.82) is 0 Å². The summed E-state index contributed by atoms with van der Waals surface area (Å²) in [5, 5.41) is 3.44. The van der Waals surface area contributed by atoms with Crippen LogP contribution in [0.25, 0.3) is 0 Å². The molecule has 0 aliphatic rings. The first-order chi connectivity index (χ1) is 8.25. The van der Waals surface area contributed by atoms with Gasteiger partial charge in [-0.15, -0.1) is 0 Å². The fourth-order valence-corrected chi connectivity index (χ4v) is 1.78. The van der Waals surface area contributed by atoms with Crippen molar-refractivity contribution < 1.29 is 0 Å². The normalized spacial score (nSPS) is 10.7. The van der Waals surface area contributed by atoms with Gasteiger partial charge in [0.15, 0.2) is 0 Å². The highest BCUT2D eigenvalue weighted by Crippen LogP contribution is 2.02. The van der Waals surface area contributed by atoms with Gasteiger partial charge in [-0.2, -0.15) is 0 Å². The van der Waals surface area contributed by atoms with E-state index in [4.69, 9.17) is 0 Å². The summed E-state index contributed by atoms with van der Waals surface area (Å²) in [6, 6.07) is 8.64. The molecule has 0 saturated carbocycles. The van der Waals surface area contributed by atoms with Crippen molar-refractivity contribution in [3.63, 3.8) is 0 Å². The topological polar surface area (TPSA) is 29.9 Å². The maximum Gasteiger partial charge on any atom is 0.105 e. The Morgan fingerprint density at radius 2 is 1.94 bits per heavy atom. The molecule has 0 aliphatic heterocycles. The van der Waals surface area contributed by atoms with E-state index in [2.05, 4.69) is 46.1 Å². The summed E-state index contributed by atoms with van der Waals surface area (Å²) >= 11 is 0. The van der Waals surface area contributed by atoms with Crippen molar-refractivity contribution >= 4 is 0 Å². The second-order valence-corrected chi connectivity index (χ2v) is 4.33. The Kier molecular flexibility index (Phi) is 3.94. The molecule has 0 bridgehead atoms. The SMILES string of the molecule is Cc1ccc(CNCCn2ccnc2C)cc1. The van der Waals surface area contributed by atoms with E-state index < -0.39 is 0 Å². The van der Waals surface area contributed by atoms with Gasteiger partial charge < -0.3 is 9.88 Å². The number of benzene rings is 1. The van der Waals surface area contributed by atoms with Crippen molar-refractivity contribution in [1.82, 2.24) is 14.9 Å². The lowest BCUT2D eigenvalue weighted by Gasteiger charge is -2.07. The fourth-order valence-electron chi connectivity index (χ4n) is 1.78. The predicted molar refractivity (Wildman–Crippen MR) is 69.8 cm³/mol. The third-order valence-corrected chi connectivity index (χ3v) is 2.90. The summed E-state index contributed by atoms with van der Waals surface area (Å²) in [7, 11) is 0. The highest BCUT2D eigenvalue weighted by atomic mass is 15.1. The van der Waals surface area contributed by atoms with Crippen LogP contribution in [-0.4, -0.2) is 16.1 Å². The Morgan fingerprint density at radius 1 is 1.18 bits per heavy atom. The minimum Gasteiger partial charge on any atom is -0.334 e. The fraction of sp³-hybridized carbons (Fsp3) is 0.357. The van der Waals surface area contributed by atoms with Crippen molar-refractivity contribution in [3.05, 3.63) is 53.6 Å². The molecule has 3 heteroatoms. The molecule has 2 rings (SSSR count). The molecule has 0 fully saturated rings. The van der Waals surface area contributed by atoms with Gasteiger partial charge >= 0.3 is 0 Å². The molecule has 0 amide bonds. The number of imidazole rings is 1. The summed E-state index contributed by atoms with van der Waals surface area (Å²) in [5.74, 6) is 1.07. The first kappa shape index (κ1) is 11.9. The van der Waals surface area contributed by atoms with Crippen molar-refractivity contribution in [2.45, 2.75) is 26.9 Å². The van der Waals surface area contributed by atoms with Gasteiger partial charge in [0.2, 0.25) is 0 Å². The minimum absolute atomic E-state index is 0.925. The van der Waals surface area contributed by atoms with E-state index in [9.17, 15) is 0 Å². The van der Waals surface area contributed by atoms with E-state index in [1.54, 1.807) is 0 Å². The largest absolute Gasteiger partial charge is 0.334 e. The Labute approximate surface area is 103 Å². The molecule has 0 aliphatic carbocycles. The number of hydrogen-bond acceptors (Lipinski definition) is 2. The second-order valence-electron chi connectivity index (χ2n) is 4.33. The Hall–Kier alpha value is -1.61. The zero-order valence-corrected chi connectivity index (χ0v) is 10.5. The molecular weight excluding hydrogens is 210 g/mol. The molecular formula is C14H19N3. The number of nitrogens with zero attached hydrogens (tertiary/aromatic N) is 2. The van der Waals surface area contributed by atoms with Gasteiger partial charge in [0, 0.05) is 32.0 Å². The molecule has 90 valence electrons. The van der Waals surface area contributed by atoms with Gasteiger partial charge in [-0.3, -0.25) is 0 Å². The van der Waals surface area contributed by atoms with Crippen LogP contribution in [0.3, 0.4) is 0 Å². The van der Waals surface area contributed by atoms with E-state index >= 15 is 0 Å². The van der Waals surface area contributed by atoms with E-state index in [1.807, 2.05) is 19.3 Å². The molecule has 1 aromatic carbocycles. The smallest absolute Gasteiger partial charge is 0.105 e. The van der Waals surface area contributed by atoms with Crippen LogP contribution in [0.15, 0.2) is 36.7 Å². The lowest BCUT2D eigenvalue weighted by atomic mass is 10.1. The lowest BCUT2D eigenvalue weighted by molar-refractivity contribution is 0.587. The molecule has 1 aromatic heterocycles. The van der Waals surface area contributed by atoms with Crippen LogP contribution in [0.5, 0.6) is 0 Å². The van der Waals surface area contributed by atoms with Crippen molar-refractivity contribution in [2.24, 2.45) is 0 Å². The average molecular weight is 229 g/mol. The maximum absolute atomic E-state index is 4.20. The van der Waals surface area contributed by atoms with E-state index in [0.717, 1.165) is 25.5 Å². The van der Waals surface area contributed by atoms with Crippen LogP contribution in [-0.2, 0) is 13.1 Å². The van der Waals surface area contributed by atoms with Crippen LogP contribution < -0.4 is 5.32 Å². The van der Waals surface area contributed by atoms with E-state index in [0.29, 0.717) is 0 Å². The predicted octanol–water partition coefficient (Wildman–Crippen LogP) is 2.29. The zero-order valence-electron chi connectivity index (χ0n) is 10.5. The summed E-state index contributed by atoms with van der Waals surface area (Å²) in [6.45, 7) is 7.00. The van der Waals surface area contributed by atoms with Crippen LogP contribution in [0.1, 0.15) is 17.0 Å². The molecule has 0 radical (unpaired) electrons. The summed E-state index contributed by atoms with van der Waals surface area (Å²) < 4.78 is 2.15. The molecule has 3 nitrogen and oxygen atoms in total. The van der Waals surface area contributed by atoms with Gasteiger partial charge in [-0.25, -0.2) is 4.98 Å². The summed E-state index contributed by atoms with van der Waals surface area (Å²) in [5.41, 5.74) is 2.64. The number of rotatable bonds is 5. The van der Waals surface area contributed by atoms with Gasteiger partial charge in [-0.05, 0) is 19.4 Å². The minimum atomic E-state index is 0.925. The van der Waals surface area contributed by atoms with Gasteiger partial charge in [0.25, 0.3) is 0 Å². The Bertz CT molecular complexity index is 457. The molecule has 0 unspecified atom stereocenters. The molecule has 1 heterocycles. The molecule has 17 heavy (non-hydrogen) atoms. The van der Waals surface area contributed by atoms with Crippen molar-refractivity contribution in [2.75, 3.05) is 6.54 Å². The zero-order chi connectivity index (χ0) is 12.1. The second kappa shape index (κ2) is 5.64. The first-order valence-electron chi connectivity index (χ1n) is 6.00. The van der Waals surface area contributed by atoms with Crippen LogP contribution in [0.2, 0.25) is 0 Å². The maximum atomic E-state index is 4.20. The third kappa shape index (κ3) is 3.43. The molecule has 2 aromatic rings. The monoisotopic (exact) mass is 229 g/mol. The Balaban J connectivity index is 1.73. The molecule has 0 atom stereocenters. The van der Waals surface area contributed by atoms with E-state index in [1.165, 1.54) is 11.1 Å². The molecule has 1 N–H and O–H groups in total. The van der Waals surface area contributed by atoms with Gasteiger partial charge in [-0.1, -0.05) is 29.8 Å². The molecule has 0 saturated heterocycles. The highest BCUT2D eigenvalue weighted by molar-refractivity contribution is 5.20. The van der Waals surface area contributed by atoms with Crippen molar-refractivity contribution in [3.8, 4) is 0 Å². The number of aromatic nitrogens is 2. The number of aryl methyl sites for hydroxylation is 2.